The Labute approximate surface area is 167 Å². The van der Waals surface area contributed by atoms with Crippen molar-refractivity contribution in [1.82, 2.24) is 0 Å². The zero-order valence-corrected chi connectivity index (χ0v) is 16.8. The highest BCUT2D eigenvalue weighted by Crippen LogP contribution is 2.35. The van der Waals surface area contributed by atoms with Crippen molar-refractivity contribution in [3.05, 3.63) is 92.4 Å². The molecule has 0 fully saturated rings. The number of nitrogens with one attached hydrogen (secondary N) is 1. The first kappa shape index (κ1) is 18.9. The van der Waals surface area contributed by atoms with Crippen LogP contribution in [-0.4, -0.2) is 0 Å². The lowest BCUT2D eigenvalue weighted by Gasteiger charge is -2.13. The predicted octanol–water partition coefficient (Wildman–Crippen LogP) is 6.68. The summed E-state index contributed by atoms with van der Waals surface area (Å²) in [5, 5.41) is 3.24. The van der Waals surface area contributed by atoms with E-state index in [-0.39, 0.29) is 11.6 Å². The van der Waals surface area contributed by atoms with Crippen molar-refractivity contribution in [3.8, 4) is 5.75 Å². The van der Waals surface area contributed by atoms with Gasteiger partial charge >= 0.3 is 0 Å². The third-order valence-corrected chi connectivity index (χ3v) is 4.87. The molecular weight excluding hydrogens is 468 g/mol. The van der Waals surface area contributed by atoms with Crippen molar-refractivity contribution in [3.63, 3.8) is 0 Å². The molecule has 3 aromatic rings. The molecule has 0 aliphatic carbocycles. The van der Waals surface area contributed by atoms with Crippen molar-refractivity contribution in [1.29, 1.82) is 0 Å². The summed E-state index contributed by atoms with van der Waals surface area (Å²) in [6, 6.07) is 16.3. The maximum atomic E-state index is 13.0. The molecule has 26 heavy (non-hydrogen) atoms. The molecule has 3 aromatic carbocycles. The first-order valence-corrected chi connectivity index (χ1v) is 9.44. The van der Waals surface area contributed by atoms with Gasteiger partial charge in [-0.1, -0.05) is 12.1 Å². The fourth-order valence-electron chi connectivity index (χ4n) is 2.36. The topological polar surface area (TPSA) is 21.3 Å². The van der Waals surface area contributed by atoms with Gasteiger partial charge in [-0.15, -0.1) is 0 Å². The van der Waals surface area contributed by atoms with Crippen LogP contribution < -0.4 is 10.1 Å². The van der Waals surface area contributed by atoms with Crippen molar-refractivity contribution < 1.29 is 13.5 Å². The van der Waals surface area contributed by atoms with Gasteiger partial charge in [0.15, 0.2) is 0 Å². The molecular formula is C20H15Br2F2NO. The molecule has 0 amide bonds. The number of benzene rings is 3. The molecule has 0 saturated heterocycles. The highest BCUT2D eigenvalue weighted by atomic mass is 79.9. The normalized spacial score (nSPS) is 10.6. The SMILES string of the molecule is Fc1ccc(COc2c(Br)cc(CNc3ccc(F)cc3)cc2Br)cc1. The Bertz CT molecular complexity index is 860. The van der Waals surface area contributed by atoms with Gasteiger partial charge in [0, 0.05) is 12.2 Å². The second-order valence-corrected chi connectivity index (χ2v) is 7.37. The minimum Gasteiger partial charge on any atom is -0.487 e. The number of hydrogen-bond donors (Lipinski definition) is 1. The molecule has 0 heterocycles. The van der Waals surface area contributed by atoms with Gasteiger partial charge in [-0.2, -0.15) is 0 Å². The average Bonchev–Trinajstić information content (AvgIpc) is 2.62. The molecule has 0 spiro atoms. The standard InChI is InChI=1S/C20H15Br2F2NO/c21-18-9-14(11-25-17-7-5-16(24)6-8-17)10-19(22)20(18)26-12-13-1-3-15(23)4-2-13/h1-10,25H,11-12H2. The van der Waals surface area contributed by atoms with E-state index in [1.165, 1.54) is 24.3 Å². The van der Waals surface area contributed by atoms with Crippen LogP contribution in [0, 0.1) is 11.6 Å². The summed E-state index contributed by atoms with van der Waals surface area (Å²) in [6.45, 7) is 0.922. The van der Waals surface area contributed by atoms with E-state index in [2.05, 4.69) is 37.2 Å². The zero-order chi connectivity index (χ0) is 18.5. The minimum absolute atomic E-state index is 0.260. The van der Waals surface area contributed by atoms with Crippen LogP contribution in [0.25, 0.3) is 0 Å². The van der Waals surface area contributed by atoms with E-state index < -0.39 is 0 Å². The van der Waals surface area contributed by atoms with E-state index in [9.17, 15) is 8.78 Å². The summed E-state index contributed by atoms with van der Waals surface area (Å²) in [5.74, 6) is 0.151. The molecule has 0 atom stereocenters. The Morgan fingerprint density at radius 2 is 1.31 bits per heavy atom. The first-order valence-electron chi connectivity index (χ1n) is 7.86. The van der Waals surface area contributed by atoms with E-state index in [0.717, 1.165) is 25.8 Å². The lowest BCUT2D eigenvalue weighted by Crippen LogP contribution is -2.01. The number of anilines is 1. The van der Waals surface area contributed by atoms with Crippen LogP contribution in [0.4, 0.5) is 14.5 Å². The summed E-state index contributed by atoms with van der Waals surface area (Å²) < 4.78 is 33.4. The van der Waals surface area contributed by atoms with Crippen molar-refractivity contribution in [2.45, 2.75) is 13.2 Å². The average molecular weight is 483 g/mol. The maximum absolute atomic E-state index is 13.0. The van der Waals surface area contributed by atoms with Crippen molar-refractivity contribution >= 4 is 37.5 Å². The van der Waals surface area contributed by atoms with Crippen molar-refractivity contribution in [2.75, 3.05) is 5.32 Å². The summed E-state index contributed by atoms with van der Waals surface area (Å²) in [7, 11) is 0. The van der Waals surface area contributed by atoms with Gasteiger partial charge < -0.3 is 10.1 Å². The fourth-order valence-corrected chi connectivity index (χ4v) is 3.87. The molecule has 1 N–H and O–H groups in total. The number of rotatable bonds is 6. The molecule has 0 bridgehead atoms. The quantitative estimate of drug-likeness (QED) is 0.423. The zero-order valence-electron chi connectivity index (χ0n) is 13.6. The van der Waals surface area contributed by atoms with Crippen LogP contribution >= 0.6 is 31.9 Å². The summed E-state index contributed by atoms with van der Waals surface area (Å²) >= 11 is 7.05. The third kappa shape index (κ3) is 5.05. The highest BCUT2D eigenvalue weighted by molar-refractivity contribution is 9.11. The maximum Gasteiger partial charge on any atom is 0.148 e. The molecule has 0 radical (unpaired) electrons. The predicted molar refractivity (Wildman–Crippen MR) is 106 cm³/mol. The molecule has 6 heteroatoms. The molecule has 2 nitrogen and oxygen atoms in total. The van der Waals surface area contributed by atoms with Gasteiger partial charge in [-0.05, 0) is 91.5 Å². The number of ether oxygens (including phenoxy) is 1. The van der Waals surface area contributed by atoms with E-state index in [0.29, 0.717) is 18.9 Å². The smallest absolute Gasteiger partial charge is 0.148 e. The van der Waals surface area contributed by atoms with Crippen LogP contribution in [0.1, 0.15) is 11.1 Å². The van der Waals surface area contributed by atoms with Crippen LogP contribution in [0.5, 0.6) is 5.75 Å². The molecule has 0 saturated carbocycles. The fraction of sp³-hybridized carbons (Fsp3) is 0.100. The van der Waals surface area contributed by atoms with Gasteiger partial charge in [-0.25, -0.2) is 8.78 Å². The minimum atomic E-state index is -0.269. The van der Waals surface area contributed by atoms with E-state index >= 15 is 0 Å². The molecule has 0 aliphatic heterocycles. The van der Waals surface area contributed by atoms with Crippen molar-refractivity contribution in [2.24, 2.45) is 0 Å². The second-order valence-electron chi connectivity index (χ2n) is 5.66. The van der Waals surface area contributed by atoms with E-state index in [1.807, 2.05) is 12.1 Å². The Hall–Kier alpha value is -1.92. The van der Waals surface area contributed by atoms with Gasteiger partial charge in [0.1, 0.15) is 24.0 Å². The summed E-state index contributed by atoms with van der Waals surface area (Å²) in [6.07, 6.45) is 0. The lowest BCUT2D eigenvalue weighted by atomic mass is 10.2. The van der Waals surface area contributed by atoms with Crippen LogP contribution in [0.3, 0.4) is 0 Å². The first-order chi connectivity index (χ1) is 12.5. The number of hydrogen-bond acceptors (Lipinski definition) is 2. The molecule has 134 valence electrons. The third-order valence-electron chi connectivity index (χ3n) is 3.70. The second kappa shape index (κ2) is 8.64. The lowest BCUT2D eigenvalue weighted by molar-refractivity contribution is 0.302. The van der Waals surface area contributed by atoms with Crippen LogP contribution in [0.2, 0.25) is 0 Å². The Balaban J connectivity index is 1.65. The highest BCUT2D eigenvalue weighted by Gasteiger charge is 2.10. The van der Waals surface area contributed by atoms with Gasteiger partial charge in [0.25, 0.3) is 0 Å². The number of halogens is 4. The van der Waals surface area contributed by atoms with Crippen LogP contribution in [-0.2, 0) is 13.2 Å². The molecule has 0 aromatic heterocycles. The van der Waals surface area contributed by atoms with Gasteiger partial charge in [0.05, 0.1) is 8.95 Å². The molecule has 0 unspecified atom stereocenters. The largest absolute Gasteiger partial charge is 0.487 e. The van der Waals surface area contributed by atoms with E-state index in [4.69, 9.17) is 4.74 Å². The Morgan fingerprint density at radius 3 is 1.88 bits per heavy atom. The molecule has 0 aliphatic rings. The monoisotopic (exact) mass is 481 g/mol. The summed E-state index contributed by atoms with van der Waals surface area (Å²) in [5.41, 5.74) is 2.75. The molecule has 3 rings (SSSR count). The van der Waals surface area contributed by atoms with E-state index in [1.54, 1.807) is 24.3 Å². The van der Waals surface area contributed by atoms with Gasteiger partial charge in [0.2, 0.25) is 0 Å². The Morgan fingerprint density at radius 1 is 0.769 bits per heavy atom. The summed E-state index contributed by atoms with van der Waals surface area (Å²) in [4.78, 5) is 0. The van der Waals surface area contributed by atoms with Gasteiger partial charge in [-0.3, -0.25) is 0 Å². The van der Waals surface area contributed by atoms with Crippen LogP contribution in [0.15, 0.2) is 69.6 Å². The Kier molecular flexibility index (Phi) is 6.27.